The summed E-state index contributed by atoms with van der Waals surface area (Å²) in [5.74, 6) is 0.797. The van der Waals surface area contributed by atoms with Gasteiger partial charge in [0.25, 0.3) is 0 Å². The van der Waals surface area contributed by atoms with Crippen molar-refractivity contribution in [1.82, 2.24) is 24.7 Å². The second-order valence-electron chi connectivity index (χ2n) is 4.82. The minimum absolute atomic E-state index is 0.0812. The molecule has 0 aliphatic heterocycles. The first kappa shape index (κ1) is 14.1. The Balaban J connectivity index is 2.13. The van der Waals surface area contributed by atoms with Crippen LogP contribution in [0.4, 0.5) is 0 Å². The lowest BCUT2D eigenvalue weighted by Gasteiger charge is -2.14. The number of aromatic amines is 1. The smallest absolute Gasteiger partial charge is 0.196 e. The molecule has 0 saturated carbocycles. The summed E-state index contributed by atoms with van der Waals surface area (Å²) >= 11 is 7.11. The Morgan fingerprint density at radius 3 is 2.81 bits per heavy atom. The summed E-state index contributed by atoms with van der Waals surface area (Å²) in [6.45, 7) is 6.17. The molecule has 1 N–H and O–H groups in total. The summed E-state index contributed by atoms with van der Waals surface area (Å²) in [5, 5.41) is 8.31. The van der Waals surface area contributed by atoms with Crippen molar-refractivity contribution in [2.45, 2.75) is 26.8 Å². The van der Waals surface area contributed by atoms with Crippen molar-refractivity contribution in [3.8, 4) is 11.4 Å². The quantitative estimate of drug-likeness (QED) is 0.749. The number of nitrogens with zero attached hydrogens (tertiary/aromatic N) is 4. The van der Waals surface area contributed by atoms with Crippen LogP contribution in [0.3, 0.4) is 0 Å². The van der Waals surface area contributed by atoms with Gasteiger partial charge in [0.2, 0.25) is 0 Å². The Kier molecular flexibility index (Phi) is 3.69. The number of rotatable bonds is 3. The van der Waals surface area contributed by atoms with E-state index in [4.69, 9.17) is 12.2 Å². The maximum absolute atomic E-state index is 5.41. The van der Waals surface area contributed by atoms with Gasteiger partial charge in [0.05, 0.1) is 21.6 Å². The molecule has 5 nitrogen and oxygen atoms in total. The zero-order valence-corrected chi connectivity index (χ0v) is 13.6. The fraction of sp³-hybridized carbons (Fsp3) is 0.286. The number of pyridine rings is 1. The van der Waals surface area contributed by atoms with Crippen molar-refractivity contribution < 1.29 is 0 Å². The van der Waals surface area contributed by atoms with E-state index >= 15 is 0 Å². The molecule has 0 radical (unpaired) electrons. The van der Waals surface area contributed by atoms with Gasteiger partial charge in [0, 0.05) is 18.0 Å². The summed E-state index contributed by atoms with van der Waals surface area (Å²) < 4.78 is 2.62. The molecule has 1 unspecified atom stereocenters. The number of nitrogens with one attached hydrogen (secondary N) is 1. The number of thiazole rings is 1. The molecule has 3 rings (SSSR count). The van der Waals surface area contributed by atoms with Gasteiger partial charge >= 0.3 is 0 Å². The topological polar surface area (TPSA) is 59.4 Å². The van der Waals surface area contributed by atoms with Gasteiger partial charge in [0.15, 0.2) is 10.6 Å². The van der Waals surface area contributed by atoms with Crippen molar-refractivity contribution >= 4 is 23.6 Å². The molecule has 1 atom stereocenters. The van der Waals surface area contributed by atoms with Crippen molar-refractivity contribution in [3.05, 3.63) is 44.9 Å². The van der Waals surface area contributed by atoms with E-state index in [1.165, 1.54) is 4.88 Å². The van der Waals surface area contributed by atoms with Gasteiger partial charge < -0.3 is 0 Å². The molecule has 0 aliphatic carbocycles. The minimum atomic E-state index is 0.0812. The van der Waals surface area contributed by atoms with E-state index in [0.717, 1.165) is 22.1 Å². The molecular formula is C14H15N5S2. The Labute approximate surface area is 131 Å². The highest BCUT2D eigenvalue weighted by molar-refractivity contribution is 7.71. The van der Waals surface area contributed by atoms with Gasteiger partial charge in [-0.2, -0.15) is 5.10 Å². The van der Waals surface area contributed by atoms with Crippen LogP contribution in [-0.2, 0) is 0 Å². The number of H-pyrrole nitrogens is 1. The largest absolute Gasteiger partial charge is 0.292 e. The molecule has 21 heavy (non-hydrogen) atoms. The summed E-state index contributed by atoms with van der Waals surface area (Å²) in [5.41, 5.74) is 1.99. The monoisotopic (exact) mass is 317 g/mol. The molecule has 0 spiro atoms. The molecule has 3 heterocycles. The van der Waals surface area contributed by atoms with E-state index in [0.29, 0.717) is 4.77 Å². The van der Waals surface area contributed by atoms with E-state index in [1.807, 2.05) is 30.5 Å². The van der Waals surface area contributed by atoms with Crippen LogP contribution in [0.5, 0.6) is 0 Å². The van der Waals surface area contributed by atoms with Crippen LogP contribution in [0.25, 0.3) is 11.4 Å². The lowest BCUT2D eigenvalue weighted by atomic mass is 10.2. The molecule has 7 heteroatoms. The molecule has 0 aliphatic rings. The van der Waals surface area contributed by atoms with Crippen LogP contribution >= 0.6 is 23.6 Å². The highest BCUT2D eigenvalue weighted by Gasteiger charge is 2.20. The lowest BCUT2D eigenvalue weighted by molar-refractivity contribution is 0.641. The highest BCUT2D eigenvalue weighted by atomic mass is 32.1. The Morgan fingerprint density at radius 2 is 2.19 bits per heavy atom. The van der Waals surface area contributed by atoms with Crippen LogP contribution in [0.2, 0.25) is 0 Å². The SMILES string of the molecule is Cc1nc(C)c(C(C)n2c(-c3cccnc3)n[nH]c2=S)s1. The van der Waals surface area contributed by atoms with E-state index in [1.54, 1.807) is 23.7 Å². The van der Waals surface area contributed by atoms with Crippen molar-refractivity contribution in [1.29, 1.82) is 0 Å². The second-order valence-corrected chi connectivity index (χ2v) is 6.44. The third-order valence-electron chi connectivity index (χ3n) is 3.33. The molecule has 0 aromatic carbocycles. The number of hydrogen-bond acceptors (Lipinski definition) is 5. The number of hydrogen-bond donors (Lipinski definition) is 1. The van der Waals surface area contributed by atoms with Gasteiger partial charge in [-0.05, 0) is 45.1 Å². The minimum Gasteiger partial charge on any atom is -0.292 e. The van der Waals surface area contributed by atoms with Crippen LogP contribution in [0.1, 0.15) is 28.5 Å². The molecule has 0 fully saturated rings. The predicted molar refractivity (Wildman–Crippen MR) is 86.0 cm³/mol. The molecular weight excluding hydrogens is 302 g/mol. The fourth-order valence-electron chi connectivity index (χ4n) is 2.41. The first-order chi connectivity index (χ1) is 10.1. The van der Waals surface area contributed by atoms with Crippen LogP contribution in [0, 0.1) is 18.6 Å². The normalized spacial score (nSPS) is 12.5. The van der Waals surface area contributed by atoms with Gasteiger partial charge in [-0.1, -0.05) is 0 Å². The highest BCUT2D eigenvalue weighted by Crippen LogP contribution is 2.30. The maximum Gasteiger partial charge on any atom is 0.196 e. The average molecular weight is 317 g/mol. The van der Waals surface area contributed by atoms with Crippen molar-refractivity contribution in [2.75, 3.05) is 0 Å². The number of aromatic nitrogens is 5. The molecule has 3 aromatic heterocycles. The molecule has 0 bridgehead atoms. The van der Waals surface area contributed by atoms with Gasteiger partial charge in [-0.3, -0.25) is 14.6 Å². The summed E-state index contributed by atoms with van der Waals surface area (Å²) in [6.07, 6.45) is 3.54. The van der Waals surface area contributed by atoms with Gasteiger partial charge in [-0.15, -0.1) is 11.3 Å². The zero-order valence-electron chi connectivity index (χ0n) is 12.0. The lowest BCUT2D eigenvalue weighted by Crippen LogP contribution is -2.08. The van der Waals surface area contributed by atoms with Crippen LogP contribution in [0.15, 0.2) is 24.5 Å². The molecule has 0 amide bonds. The summed E-state index contributed by atoms with van der Waals surface area (Å²) in [6, 6.07) is 3.95. The van der Waals surface area contributed by atoms with E-state index < -0.39 is 0 Å². The summed E-state index contributed by atoms with van der Waals surface area (Å²) in [7, 11) is 0. The Bertz CT molecular complexity index is 816. The standard InChI is InChI=1S/C14H15N5S2/c1-8-12(21-10(3)16-8)9(2)19-13(17-18-14(19)20)11-5-4-6-15-7-11/h4-7,9H,1-3H3,(H,18,20). The molecule has 108 valence electrons. The van der Waals surface area contributed by atoms with E-state index in [9.17, 15) is 0 Å². The summed E-state index contributed by atoms with van der Waals surface area (Å²) in [4.78, 5) is 9.86. The third-order valence-corrected chi connectivity index (χ3v) is 4.86. The van der Waals surface area contributed by atoms with Gasteiger partial charge in [0.1, 0.15) is 0 Å². The Hall–Kier alpha value is -1.86. The third kappa shape index (κ3) is 2.54. The first-order valence-corrected chi connectivity index (χ1v) is 7.81. The van der Waals surface area contributed by atoms with Gasteiger partial charge in [-0.25, -0.2) is 4.98 Å². The first-order valence-electron chi connectivity index (χ1n) is 6.59. The molecule has 0 saturated heterocycles. The Morgan fingerprint density at radius 1 is 1.38 bits per heavy atom. The second kappa shape index (κ2) is 5.50. The van der Waals surface area contributed by atoms with Crippen molar-refractivity contribution in [3.63, 3.8) is 0 Å². The van der Waals surface area contributed by atoms with Crippen LogP contribution < -0.4 is 0 Å². The zero-order chi connectivity index (χ0) is 15.0. The van der Waals surface area contributed by atoms with Crippen molar-refractivity contribution in [2.24, 2.45) is 0 Å². The average Bonchev–Trinajstić information content (AvgIpc) is 3.02. The predicted octanol–water partition coefficient (Wildman–Crippen LogP) is 3.69. The van der Waals surface area contributed by atoms with Crippen LogP contribution in [-0.4, -0.2) is 24.7 Å². The number of aryl methyl sites for hydroxylation is 2. The van der Waals surface area contributed by atoms with E-state index in [-0.39, 0.29) is 6.04 Å². The van der Waals surface area contributed by atoms with E-state index in [2.05, 4.69) is 27.1 Å². The fourth-order valence-corrected chi connectivity index (χ4v) is 3.67. The molecule has 3 aromatic rings. The maximum atomic E-state index is 5.41.